The minimum atomic E-state index is 0.0919. The van der Waals surface area contributed by atoms with Gasteiger partial charge >= 0.3 is 0 Å². The molecule has 3 aromatic carbocycles. The van der Waals surface area contributed by atoms with Crippen LogP contribution in [-0.2, 0) is 6.42 Å². The van der Waals surface area contributed by atoms with Crippen molar-refractivity contribution in [1.82, 2.24) is 4.98 Å². The van der Waals surface area contributed by atoms with Gasteiger partial charge in [0.25, 0.3) is 0 Å². The summed E-state index contributed by atoms with van der Waals surface area (Å²) in [6.07, 6.45) is 1.20. The van der Waals surface area contributed by atoms with Crippen molar-refractivity contribution in [3.63, 3.8) is 0 Å². The van der Waals surface area contributed by atoms with Crippen LogP contribution >= 0.6 is 15.9 Å². The predicted octanol–water partition coefficient (Wildman–Crippen LogP) is 6.60. The van der Waals surface area contributed by atoms with Crippen LogP contribution in [0.4, 0.5) is 0 Å². The Bertz CT molecular complexity index is 1090. The lowest BCUT2D eigenvalue weighted by molar-refractivity contribution is 0.0973. The molecule has 0 N–H and O–H groups in total. The topological polar surface area (TPSA) is 30.0 Å². The SMILES string of the molecule is O=C(CC(Cc1ccc2cc(Br)ccc2n1)c1ccccc1)c1ccccc1. The third kappa shape index (κ3) is 4.37. The number of rotatable bonds is 6. The van der Waals surface area contributed by atoms with E-state index in [1.807, 2.05) is 60.7 Å². The number of aromatic nitrogens is 1. The van der Waals surface area contributed by atoms with E-state index >= 15 is 0 Å². The number of ketones is 1. The standard InChI is InChI=1S/C25H20BrNO/c26-22-12-14-24-20(15-22)11-13-23(27-24)16-21(18-7-3-1-4-8-18)17-25(28)19-9-5-2-6-10-19/h1-15,21H,16-17H2. The molecule has 0 amide bonds. The van der Waals surface area contributed by atoms with Gasteiger partial charge in [-0.2, -0.15) is 0 Å². The number of benzene rings is 3. The van der Waals surface area contributed by atoms with Crippen molar-refractivity contribution in [2.75, 3.05) is 0 Å². The minimum Gasteiger partial charge on any atom is -0.294 e. The lowest BCUT2D eigenvalue weighted by atomic mass is 9.87. The van der Waals surface area contributed by atoms with Crippen LogP contribution in [0.15, 0.2) is 95.5 Å². The second kappa shape index (κ2) is 8.49. The second-order valence-electron chi connectivity index (χ2n) is 6.94. The molecule has 0 aliphatic heterocycles. The number of carbonyl (C=O) groups is 1. The molecule has 4 rings (SSSR count). The van der Waals surface area contributed by atoms with Crippen molar-refractivity contribution < 1.29 is 4.79 Å². The van der Waals surface area contributed by atoms with E-state index in [1.54, 1.807) is 0 Å². The summed E-state index contributed by atoms with van der Waals surface area (Å²) in [4.78, 5) is 17.7. The van der Waals surface area contributed by atoms with E-state index in [9.17, 15) is 4.79 Å². The van der Waals surface area contributed by atoms with Gasteiger partial charge in [-0.15, -0.1) is 0 Å². The molecule has 1 heterocycles. The predicted molar refractivity (Wildman–Crippen MR) is 118 cm³/mol. The van der Waals surface area contributed by atoms with Crippen molar-refractivity contribution in [2.45, 2.75) is 18.8 Å². The first kappa shape index (κ1) is 18.6. The molecule has 4 aromatic rings. The zero-order valence-corrected chi connectivity index (χ0v) is 17.0. The van der Waals surface area contributed by atoms with E-state index in [1.165, 1.54) is 5.56 Å². The molecule has 3 heteroatoms. The highest BCUT2D eigenvalue weighted by atomic mass is 79.9. The molecule has 0 fully saturated rings. The number of halogens is 1. The summed E-state index contributed by atoms with van der Waals surface area (Å²) in [7, 11) is 0. The zero-order valence-electron chi connectivity index (χ0n) is 15.4. The second-order valence-corrected chi connectivity index (χ2v) is 7.86. The average Bonchev–Trinajstić information content (AvgIpc) is 2.74. The molecule has 1 aromatic heterocycles. The summed E-state index contributed by atoms with van der Waals surface area (Å²) in [6, 6.07) is 30.1. The van der Waals surface area contributed by atoms with Crippen molar-refractivity contribution in [2.24, 2.45) is 0 Å². The first-order valence-electron chi connectivity index (χ1n) is 9.37. The fourth-order valence-corrected chi connectivity index (χ4v) is 3.88. The molecule has 0 spiro atoms. The average molecular weight is 430 g/mol. The van der Waals surface area contributed by atoms with E-state index in [-0.39, 0.29) is 11.7 Å². The van der Waals surface area contributed by atoms with Crippen LogP contribution < -0.4 is 0 Å². The van der Waals surface area contributed by atoms with Crippen LogP contribution in [0.3, 0.4) is 0 Å². The Hall–Kier alpha value is -2.78. The van der Waals surface area contributed by atoms with Gasteiger partial charge in [0.1, 0.15) is 0 Å². The maximum absolute atomic E-state index is 12.8. The lowest BCUT2D eigenvalue weighted by Gasteiger charge is -2.17. The fourth-order valence-electron chi connectivity index (χ4n) is 3.50. The number of hydrogen-bond acceptors (Lipinski definition) is 2. The molecular weight excluding hydrogens is 410 g/mol. The summed E-state index contributed by atoms with van der Waals surface area (Å²) in [5.74, 6) is 0.258. The van der Waals surface area contributed by atoms with Crippen molar-refractivity contribution in [3.05, 3.63) is 112 Å². The van der Waals surface area contributed by atoms with Crippen LogP contribution in [0, 0.1) is 0 Å². The third-order valence-corrected chi connectivity index (χ3v) is 5.46. The Labute approximate surface area is 173 Å². The van der Waals surface area contributed by atoms with Gasteiger partial charge in [0.2, 0.25) is 0 Å². The molecule has 28 heavy (non-hydrogen) atoms. The quantitative estimate of drug-likeness (QED) is 0.323. The monoisotopic (exact) mass is 429 g/mol. The van der Waals surface area contributed by atoms with Gasteiger partial charge in [0, 0.05) is 27.5 Å². The first-order valence-corrected chi connectivity index (χ1v) is 10.2. The molecular formula is C25H20BrNO. The van der Waals surface area contributed by atoms with Crippen LogP contribution in [-0.4, -0.2) is 10.8 Å². The van der Waals surface area contributed by atoms with Gasteiger partial charge in [0.15, 0.2) is 5.78 Å². The Morgan fingerprint density at radius 3 is 2.32 bits per heavy atom. The molecule has 0 bridgehead atoms. The van der Waals surface area contributed by atoms with Gasteiger partial charge < -0.3 is 0 Å². The molecule has 138 valence electrons. The summed E-state index contributed by atoms with van der Waals surface area (Å²) in [5, 5.41) is 1.11. The molecule has 0 saturated carbocycles. The summed E-state index contributed by atoms with van der Waals surface area (Å²) in [6.45, 7) is 0. The number of pyridine rings is 1. The highest BCUT2D eigenvalue weighted by Crippen LogP contribution is 2.27. The number of fused-ring (bicyclic) bond motifs is 1. The van der Waals surface area contributed by atoms with Crippen molar-refractivity contribution >= 4 is 32.6 Å². The highest BCUT2D eigenvalue weighted by molar-refractivity contribution is 9.10. The van der Waals surface area contributed by atoms with E-state index in [2.05, 4.69) is 46.3 Å². The lowest BCUT2D eigenvalue weighted by Crippen LogP contribution is -2.11. The molecule has 1 atom stereocenters. The minimum absolute atomic E-state index is 0.0919. The van der Waals surface area contributed by atoms with Gasteiger partial charge in [0.05, 0.1) is 5.52 Å². The zero-order chi connectivity index (χ0) is 19.3. The van der Waals surface area contributed by atoms with Crippen LogP contribution in [0.5, 0.6) is 0 Å². The maximum Gasteiger partial charge on any atom is 0.163 e. The molecule has 0 radical (unpaired) electrons. The Kier molecular flexibility index (Phi) is 5.63. The number of carbonyl (C=O) groups excluding carboxylic acids is 1. The molecule has 1 unspecified atom stereocenters. The summed E-state index contributed by atoms with van der Waals surface area (Å²) >= 11 is 3.51. The normalized spacial score (nSPS) is 12.0. The number of hydrogen-bond donors (Lipinski definition) is 0. The largest absolute Gasteiger partial charge is 0.294 e. The van der Waals surface area contributed by atoms with Gasteiger partial charge in [-0.3, -0.25) is 9.78 Å². The van der Waals surface area contributed by atoms with Gasteiger partial charge in [-0.25, -0.2) is 0 Å². The smallest absolute Gasteiger partial charge is 0.163 e. The molecule has 0 saturated heterocycles. The van der Waals surface area contributed by atoms with Crippen molar-refractivity contribution in [1.29, 1.82) is 0 Å². The van der Waals surface area contributed by atoms with E-state index in [0.29, 0.717) is 6.42 Å². The van der Waals surface area contributed by atoms with Crippen molar-refractivity contribution in [3.8, 4) is 0 Å². The van der Waals surface area contributed by atoms with Crippen LogP contribution in [0.2, 0.25) is 0 Å². The summed E-state index contributed by atoms with van der Waals surface area (Å²) in [5.41, 5.74) is 3.91. The Morgan fingerprint density at radius 1 is 0.857 bits per heavy atom. The first-order chi connectivity index (χ1) is 13.7. The van der Waals surface area contributed by atoms with Crippen LogP contribution in [0.1, 0.15) is 34.0 Å². The number of nitrogens with zero attached hydrogens (tertiary/aromatic N) is 1. The van der Waals surface area contributed by atoms with Gasteiger partial charge in [-0.1, -0.05) is 82.7 Å². The third-order valence-electron chi connectivity index (χ3n) is 4.96. The van der Waals surface area contributed by atoms with E-state index in [4.69, 9.17) is 4.98 Å². The van der Waals surface area contributed by atoms with Crippen LogP contribution in [0.25, 0.3) is 10.9 Å². The van der Waals surface area contributed by atoms with E-state index in [0.717, 1.165) is 33.1 Å². The fraction of sp³-hybridized carbons (Fsp3) is 0.120. The van der Waals surface area contributed by atoms with Gasteiger partial charge in [-0.05, 0) is 42.2 Å². The Balaban J connectivity index is 1.62. The molecule has 0 aliphatic rings. The Morgan fingerprint density at radius 2 is 1.57 bits per heavy atom. The van der Waals surface area contributed by atoms with E-state index < -0.39 is 0 Å². The summed E-state index contributed by atoms with van der Waals surface area (Å²) < 4.78 is 1.05. The molecule has 2 nitrogen and oxygen atoms in total. The highest BCUT2D eigenvalue weighted by Gasteiger charge is 2.18. The molecule has 0 aliphatic carbocycles. The maximum atomic E-state index is 12.8. The number of Topliss-reactive ketones (excluding diaryl/α,β-unsaturated/α-hetero) is 1.